The van der Waals surface area contributed by atoms with Crippen LogP contribution in [0.2, 0.25) is 0 Å². The topological polar surface area (TPSA) is 58.7 Å². The number of hydrogen-bond acceptors (Lipinski definition) is 3. The molecule has 0 saturated carbocycles. The van der Waals surface area contributed by atoms with E-state index in [0.717, 1.165) is 0 Å². The SMILES string of the molecule is C[C@@H](N)N(C)/C=C\C=N/C=O. The van der Waals surface area contributed by atoms with E-state index in [4.69, 9.17) is 5.73 Å². The fourth-order valence-corrected chi connectivity index (χ4v) is 0.395. The number of nitrogens with two attached hydrogens (primary N) is 1. The highest BCUT2D eigenvalue weighted by atomic mass is 16.1. The zero-order chi connectivity index (χ0) is 8.69. The van der Waals surface area contributed by atoms with Gasteiger partial charge in [-0.3, -0.25) is 4.79 Å². The predicted octanol–water partition coefficient (Wildman–Crippen LogP) is -0.0362. The minimum absolute atomic E-state index is 0.0316. The molecule has 0 aliphatic rings. The van der Waals surface area contributed by atoms with Gasteiger partial charge in [0, 0.05) is 19.5 Å². The second kappa shape index (κ2) is 5.61. The Morgan fingerprint density at radius 1 is 1.64 bits per heavy atom. The average molecular weight is 155 g/mol. The van der Waals surface area contributed by atoms with Crippen molar-refractivity contribution in [3.8, 4) is 0 Å². The Bertz CT molecular complexity index is 163. The molecule has 11 heavy (non-hydrogen) atoms. The molecule has 0 aromatic heterocycles. The van der Waals surface area contributed by atoms with Crippen molar-refractivity contribution in [2.75, 3.05) is 7.05 Å². The molecule has 4 nitrogen and oxygen atoms in total. The summed E-state index contributed by atoms with van der Waals surface area (Å²) in [5.41, 5.74) is 5.51. The molecule has 0 heterocycles. The molecule has 62 valence electrons. The van der Waals surface area contributed by atoms with E-state index >= 15 is 0 Å². The Morgan fingerprint density at radius 3 is 2.73 bits per heavy atom. The van der Waals surface area contributed by atoms with E-state index < -0.39 is 0 Å². The third-order valence-electron chi connectivity index (χ3n) is 1.20. The molecule has 0 radical (unpaired) electrons. The third kappa shape index (κ3) is 5.29. The summed E-state index contributed by atoms with van der Waals surface area (Å²) in [5.74, 6) is 0. The molecule has 0 saturated heterocycles. The van der Waals surface area contributed by atoms with Crippen LogP contribution in [-0.2, 0) is 4.79 Å². The van der Waals surface area contributed by atoms with Gasteiger partial charge in [-0.2, -0.15) is 0 Å². The molecule has 0 aromatic carbocycles. The molecule has 0 unspecified atom stereocenters. The Labute approximate surface area is 66.4 Å². The van der Waals surface area contributed by atoms with Crippen molar-refractivity contribution < 1.29 is 4.79 Å². The van der Waals surface area contributed by atoms with Gasteiger partial charge in [0.25, 0.3) is 0 Å². The van der Waals surface area contributed by atoms with Crippen molar-refractivity contribution in [2.45, 2.75) is 13.1 Å². The summed E-state index contributed by atoms with van der Waals surface area (Å²) in [5, 5.41) is 0. The molecule has 0 fully saturated rings. The van der Waals surface area contributed by atoms with Crippen LogP contribution >= 0.6 is 0 Å². The maximum absolute atomic E-state index is 9.71. The number of carbonyl (C=O) groups excluding carboxylic acids is 1. The molecule has 1 atom stereocenters. The minimum Gasteiger partial charge on any atom is -0.366 e. The molecule has 4 heteroatoms. The molecule has 0 aliphatic heterocycles. The number of rotatable bonds is 4. The normalized spacial score (nSPS) is 14.1. The van der Waals surface area contributed by atoms with Crippen LogP contribution in [0.3, 0.4) is 0 Å². The summed E-state index contributed by atoms with van der Waals surface area (Å²) in [7, 11) is 1.84. The predicted molar refractivity (Wildman–Crippen MR) is 45.1 cm³/mol. The summed E-state index contributed by atoms with van der Waals surface area (Å²) in [6.07, 6.45) is 5.26. The Hall–Kier alpha value is -1.16. The molecular weight excluding hydrogens is 142 g/mol. The summed E-state index contributed by atoms with van der Waals surface area (Å²) in [4.78, 5) is 14.9. The van der Waals surface area contributed by atoms with E-state index in [1.807, 2.05) is 14.0 Å². The Morgan fingerprint density at radius 2 is 2.27 bits per heavy atom. The number of hydrogen-bond donors (Lipinski definition) is 1. The van der Waals surface area contributed by atoms with Crippen LogP contribution in [-0.4, -0.2) is 30.7 Å². The highest BCUT2D eigenvalue weighted by molar-refractivity contribution is 5.78. The van der Waals surface area contributed by atoms with Crippen LogP contribution < -0.4 is 5.73 Å². The van der Waals surface area contributed by atoms with Gasteiger partial charge < -0.3 is 10.6 Å². The summed E-state index contributed by atoms with van der Waals surface area (Å²) < 4.78 is 0. The molecule has 1 amide bonds. The minimum atomic E-state index is -0.0316. The third-order valence-corrected chi connectivity index (χ3v) is 1.20. The van der Waals surface area contributed by atoms with Crippen molar-refractivity contribution in [2.24, 2.45) is 10.7 Å². The lowest BCUT2D eigenvalue weighted by Crippen LogP contribution is -2.32. The zero-order valence-electron chi connectivity index (χ0n) is 6.77. The first kappa shape index (κ1) is 9.84. The highest BCUT2D eigenvalue weighted by Gasteiger charge is 1.93. The zero-order valence-corrected chi connectivity index (χ0v) is 6.77. The van der Waals surface area contributed by atoms with Gasteiger partial charge in [-0.15, -0.1) is 0 Å². The van der Waals surface area contributed by atoms with Crippen molar-refractivity contribution in [1.29, 1.82) is 0 Å². The first-order chi connectivity index (χ1) is 5.18. The van der Waals surface area contributed by atoms with E-state index in [2.05, 4.69) is 4.99 Å². The maximum atomic E-state index is 9.71. The Kier molecular flexibility index (Phi) is 5.02. The van der Waals surface area contributed by atoms with Gasteiger partial charge in [-0.25, -0.2) is 4.99 Å². The molecular formula is C7H13N3O. The molecule has 0 bridgehead atoms. The first-order valence-electron chi connectivity index (χ1n) is 3.29. The van der Waals surface area contributed by atoms with E-state index in [1.165, 1.54) is 6.21 Å². The summed E-state index contributed by atoms with van der Waals surface area (Å²) in [6, 6.07) is 0. The molecule has 0 aromatic rings. The van der Waals surface area contributed by atoms with Gasteiger partial charge in [0.2, 0.25) is 6.41 Å². The van der Waals surface area contributed by atoms with Gasteiger partial charge >= 0.3 is 0 Å². The van der Waals surface area contributed by atoms with Crippen molar-refractivity contribution in [3.05, 3.63) is 12.3 Å². The lowest BCUT2D eigenvalue weighted by Gasteiger charge is -2.17. The van der Waals surface area contributed by atoms with Gasteiger partial charge in [-0.1, -0.05) is 0 Å². The standard InChI is InChI=1S/C7H13N3O/c1-7(8)10(2)5-3-4-9-6-11/h3-7H,8H2,1-2H3/b5-3-,9-4-/t7-/m0/s1. The smallest absolute Gasteiger partial charge is 0.232 e. The van der Waals surface area contributed by atoms with Crippen LogP contribution in [0.1, 0.15) is 6.92 Å². The molecule has 0 spiro atoms. The fraction of sp³-hybridized carbons (Fsp3) is 0.429. The maximum Gasteiger partial charge on any atom is 0.232 e. The number of amides is 1. The second-order valence-corrected chi connectivity index (χ2v) is 2.15. The quantitative estimate of drug-likeness (QED) is 0.352. The van der Waals surface area contributed by atoms with Crippen LogP contribution in [0.5, 0.6) is 0 Å². The largest absolute Gasteiger partial charge is 0.366 e. The molecule has 0 rings (SSSR count). The molecule has 2 N–H and O–H groups in total. The van der Waals surface area contributed by atoms with Crippen LogP contribution in [0.4, 0.5) is 0 Å². The fourth-order valence-electron chi connectivity index (χ4n) is 0.395. The summed E-state index contributed by atoms with van der Waals surface area (Å²) in [6.45, 7) is 1.86. The summed E-state index contributed by atoms with van der Waals surface area (Å²) >= 11 is 0. The van der Waals surface area contributed by atoms with Crippen LogP contribution in [0.15, 0.2) is 17.3 Å². The van der Waals surface area contributed by atoms with E-state index in [1.54, 1.807) is 17.2 Å². The first-order valence-corrected chi connectivity index (χ1v) is 3.29. The number of aliphatic imine (C=N–C) groups is 1. The van der Waals surface area contributed by atoms with Gasteiger partial charge in [-0.05, 0) is 13.0 Å². The van der Waals surface area contributed by atoms with Gasteiger partial charge in [0.15, 0.2) is 0 Å². The Balaban J connectivity index is 3.73. The molecule has 0 aliphatic carbocycles. The monoisotopic (exact) mass is 155 g/mol. The van der Waals surface area contributed by atoms with Gasteiger partial charge in [0.05, 0.1) is 6.17 Å². The van der Waals surface area contributed by atoms with Crippen molar-refractivity contribution >= 4 is 12.6 Å². The van der Waals surface area contributed by atoms with E-state index in [0.29, 0.717) is 6.41 Å². The average Bonchev–Trinajstić information content (AvgIpc) is 1.97. The number of nitrogens with zero attached hydrogens (tertiary/aromatic N) is 2. The number of allylic oxidation sites excluding steroid dienone is 1. The van der Waals surface area contributed by atoms with Gasteiger partial charge in [0.1, 0.15) is 0 Å². The lowest BCUT2D eigenvalue weighted by molar-refractivity contribution is -0.106. The second-order valence-electron chi connectivity index (χ2n) is 2.15. The van der Waals surface area contributed by atoms with Crippen molar-refractivity contribution in [1.82, 2.24) is 4.90 Å². The van der Waals surface area contributed by atoms with Crippen LogP contribution in [0, 0.1) is 0 Å². The lowest BCUT2D eigenvalue weighted by atomic mass is 10.5. The van der Waals surface area contributed by atoms with Crippen LogP contribution in [0.25, 0.3) is 0 Å². The van der Waals surface area contributed by atoms with Crippen molar-refractivity contribution in [3.63, 3.8) is 0 Å². The van der Waals surface area contributed by atoms with E-state index in [9.17, 15) is 4.79 Å². The van der Waals surface area contributed by atoms with E-state index in [-0.39, 0.29) is 6.17 Å². The number of carbonyl (C=O) groups is 1. The highest BCUT2D eigenvalue weighted by Crippen LogP contribution is 1.86.